The Hall–Kier alpha value is -0.680. The van der Waals surface area contributed by atoms with Crippen molar-refractivity contribution in [2.24, 2.45) is 11.7 Å². The van der Waals surface area contributed by atoms with Crippen molar-refractivity contribution in [3.63, 3.8) is 0 Å². The van der Waals surface area contributed by atoms with E-state index < -0.39 is 0 Å². The molecule has 0 aliphatic heterocycles. The molecule has 1 aromatic heterocycles. The first kappa shape index (κ1) is 12.8. The van der Waals surface area contributed by atoms with Gasteiger partial charge in [0.25, 0.3) is 0 Å². The van der Waals surface area contributed by atoms with Gasteiger partial charge in [-0.2, -0.15) is 4.37 Å². The molecular formula is C12H22N4S. The van der Waals surface area contributed by atoms with E-state index in [2.05, 4.69) is 28.2 Å². The molecule has 0 radical (unpaired) electrons. The summed E-state index contributed by atoms with van der Waals surface area (Å²) in [6.45, 7) is 2.88. The molecule has 0 saturated heterocycles. The molecular weight excluding hydrogens is 232 g/mol. The average molecular weight is 254 g/mol. The summed E-state index contributed by atoms with van der Waals surface area (Å²) >= 11 is 1.51. The first-order chi connectivity index (χ1) is 8.26. The normalized spacial score (nSPS) is 24.9. The third kappa shape index (κ3) is 2.77. The van der Waals surface area contributed by atoms with E-state index in [1.165, 1.54) is 37.2 Å². The molecule has 1 aliphatic carbocycles. The zero-order valence-corrected chi connectivity index (χ0v) is 11.5. The number of aromatic nitrogens is 2. The van der Waals surface area contributed by atoms with Crippen LogP contribution in [0.4, 0.5) is 5.13 Å². The van der Waals surface area contributed by atoms with Crippen molar-refractivity contribution < 1.29 is 0 Å². The van der Waals surface area contributed by atoms with Gasteiger partial charge in [0.1, 0.15) is 5.82 Å². The molecule has 17 heavy (non-hydrogen) atoms. The molecule has 0 bridgehead atoms. The Morgan fingerprint density at radius 2 is 2.18 bits per heavy atom. The van der Waals surface area contributed by atoms with Crippen molar-refractivity contribution in [2.45, 2.75) is 45.1 Å². The largest absolute Gasteiger partial charge is 0.347 e. The summed E-state index contributed by atoms with van der Waals surface area (Å²) in [6, 6.07) is 0.548. The van der Waals surface area contributed by atoms with Crippen LogP contribution in [0.15, 0.2) is 0 Å². The second kappa shape index (κ2) is 5.78. The number of aryl methyl sites for hydroxylation is 1. The highest BCUT2D eigenvalue weighted by Crippen LogP contribution is 2.30. The zero-order valence-electron chi connectivity index (χ0n) is 10.7. The van der Waals surface area contributed by atoms with E-state index in [0.29, 0.717) is 12.0 Å². The minimum atomic E-state index is 0.548. The van der Waals surface area contributed by atoms with E-state index in [4.69, 9.17) is 5.73 Å². The molecule has 0 spiro atoms. The lowest BCUT2D eigenvalue weighted by atomic mass is 9.84. The molecule has 2 rings (SSSR count). The van der Waals surface area contributed by atoms with E-state index in [9.17, 15) is 0 Å². The molecule has 1 aliphatic rings. The summed E-state index contributed by atoms with van der Waals surface area (Å²) in [5, 5.41) is 1.05. The van der Waals surface area contributed by atoms with Gasteiger partial charge in [-0.25, -0.2) is 4.98 Å². The third-order valence-electron chi connectivity index (χ3n) is 3.74. The lowest BCUT2D eigenvalue weighted by Crippen LogP contribution is -2.43. The van der Waals surface area contributed by atoms with E-state index >= 15 is 0 Å². The number of anilines is 1. The maximum atomic E-state index is 5.88. The van der Waals surface area contributed by atoms with Gasteiger partial charge in [0.15, 0.2) is 0 Å². The van der Waals surface area contributed by atoms with Gasteiger partial charge < -0.3 is 10.6 Å². The highest BCUT2D eigenvalue weighted by atomic mass is 32.1. The van der Waals surface area contributed by atoms with E-state index in [-0.39, 0.29) is 0 Å². The number of hydrogen-bond acceptors (Lipinski definition) is 5. The Morgan fingerprint density at radius 3 is 2.82 bits per heavy atom. The topological polar surface area (TPSA) is 55.0 Å². The lowest BCUT2D eigenvalue weighted by molar-refractivity contribution is 0.306. The van der Waals surface area contributed by atoms with Gasteiger partial charge in [-0.3, -0.25) is 0 Å². The van der Waals surface area contributed by atoms with Crippen molar-refractivity contribution in [1.82, 2.24) is 9.36 Å². The van der Waals surface area contributed by atoms with Gasteiger partial charge in [-0.1, -0.05) is 19.8 Å². The smallest absolute Gasteiger partial charge is 0.205 e. The Bertz CT molecular complexity index is 352. The van der Waals surface area contributed by atoms with Crippen LogP contribution in [0.3, 0.4) is 0 Å². The predicted molar refractivity (Wildman–Crippen MR) is 72.5 cm³/mol. The molecule has 1 saturated carbocycles. The van der Waals surface area contributed by atoms with E-state index in [0.717, 1.165) is 23.9 Å². The summed E-state index contributed by atoms with van der Waals surface area (Å²) in [6.07, 6.45) is 6.03. The van der Waals surface area contributed by atoms with Crippen LogP contribution in [0, 0.1) is 5.92 Å². The molecule has 2 atom stereocenters. The highest BCUT2D eigenvalue weighted by Gasteiger charge is 2.28. The van der Waals surface area contributed by atoms with Crippen molar-refractivity contribution in [2.75, 3.05) is 18.5 Å². The van der Waals surface area contributed by atoms with Gasteiger partial charge in [0.05, 0.1) is 0 Å². The van der Waals surface area contributed by atoms with Crippen LogP contribution in [0.5, 0.6) is 0 Å². The summed E-state index contributed by atoms with van der Waals surface area (Å²) < 4.78 is 4.36. The second-order valence-corrected chi connectivity index (χ2v) is 5.54. The Balaban J connectivity index is 2.09. The van der Waals surface area contributed by atoms with E-state index in [1.807, 2.05) is 0 Å². The monoisotopic (exact) mass is 254 g/mol. The fourth-order valence-corrected chi connectivity index (χ4v) is 3.41. The second-order valence-electron chi connectivity index (χ2n) is 4.81. The minimum absolute atomic E-state index is 0.548. The first-order valence-electron chi connectivity index (χ1n) is 6.51. The maximum absolute atomic E-state index is 5.88. The van der Waals surface area contributed by atoms with Crippen LogP contribution in [0.25, 0.3) is 0 Å². The standard InChI is InChI=1S/C12H22N4S/c1-3-11-14-12(17-15-11)16(2)10-7-5-4-6-9(10)8-13/h9-10H,3-8,13H2,1-2H3. The molecule has 1 heterocycles. The summed E-state index contributed by atoms with van der Waals surface area (Å²) in [5.74, 6) is 1.57. The lowest BCUT2D eigenvalue weighted by Gasteiger charge is -2.37. The van der Waals surface area contributed by atoms with Crippen LogP contribution in [0.2, 0.25) is 0 Å². The van der Waals surface area contributed by atoms with Crippen molar-refractivity contribution in [1.29, 1.82) is 0 Å². The molecule has 2 unspecified atom stereocenters. The fraction of sp³-hybridized carbons (Fsp3) is 0.833. The molecule has 1 fully saturated rings. The average Bonchev–Trinajstić information content (AvgIpc) is 2.86. The quantitative estimate of drug-likeness (QED) is 0.893. The van der Waals surface area contributed by atoms with Gasteiger partial charge in [0.2, 0.25) is 5.13 Å². The van der Waals surface area contributed by atoms with E-state index in [1.54, 1.807) is 0 Å². The summed E-state index contributed by atoms with van der Waals surface area (Å²) in [5.41, 5.74) is 5.88. The molecule has 0 amide bonds. The Morgan fingerprint density at radius 1 is 1.41 bits per heavy atom. The minimum Gasteiger partial charge on any atom is -0.347 e. The zero-order chi connectivity index (χ0) is 12.3. The Kier molecular flexibility index (Phi) is 4.34. The van der Waals surface area contributed by atoms with Crippen LogP contribution in [-0.4, -0.2) is 29.0 Å². The van der Waals surface area contributed by atoms with Gasteiger partial charge >= 0.3 is 0 Å². The highest BCUT2D eigenvalue weighted by molar-refractivity contribution is 7.09. The molecule has 5 heteroatoms. The molecule has 96 valence electrons. The summed E-state index contributed by atoms with van der Waals surface area (Å²) in [4.78, 5) is 6.86. The molecule has 2 N–H and O–H groups in total. The fourth-order valence-electron chi connectivity index (χ4n) is 2.65. The molecule has 4 nitrogen and oxygen atoms in total. The van der Waals surface area contributed by atoms with Gasteiger partial charge in [0, 0.05) is 31.0 Å². The predicted octanol–water partition coefficient (Wildman–Crippen LogP) is 2.05. The molecule has 0 aromatic carbocycles. The number of rotatable bonds is 4. The number of nitrogens with two attached hydrogens (primary N) is 1. The SMILES string of the molecule is CCc1nsc(N(C)C2CCCCC2CN)n1. The van der Waals surface area contributed by atoms with Gasteiger partial charge in [-0.05, 0) is 25.3 Å². The maximum Gasteiger partial charge on any atom is 0.205 e. The van der Waals surface area contributed by atoms with Crippen LogP contribution in [0.1, 0.15) is 38.4 Å². The first-order valence-corrected chi connectivity index (χ1v) is 7.29. The van der Waals surface area contributed by atoms with Crippen LogP contribution in [-0.2, 0) is 6.42 Å². The van der Waals surface area contributed by atoms with Crippen molar-refractivity contribution in [3.8, 4) is 0 Å². The van der Waals surface area contributed by atoms with Gasteiger partial charge in [-0.15, -0.1) is 0 Å². The van der Waals surface area contributed by atoms with Crippen LogP contribution >= 0.6 is 11.5 Å². The number of nitrogens with zero attached hydrogens (tertiary/aromatic N) is 3. The van der Waals surface area contributed by atoms with Crippen LogP contribution < -0.4 is 10.6 Å². The van der Waals surface area contributed by atoms with Crippen molar-refractivity contribution >= 4 is 16.7 Å². The summed E-state index contributed by atoms with van der Waals surface area (Å²) in [7, 11) is 2.14. The number of hydrogen-bond donors (Lipinski definition) is 1. The third-order valence-corrected chi connectivity index (χ3v) is 4.59. The Labute approximate surface area is 107 Å². The molecule has 1 aromatic rings. The van der Waals surface area contributed by atoms with Crippen molar-refractivity contribution in [3.05, 3.63) is 5.82 Å².